The first-order valence-electron chi connectivity index (χ1n) is 13.1. The van der Waals surface area contributed by atoms with Crippen molar-refractivity contribution < 1.29 is 18.3 Å². The van der Waals surface area contributed by atoms with E-state index >= 15 is 0 Å². The van der Waals surface area contributed by atoms with E-state index in [4.69, 9.17) is 12.2 Å². The third-order valence-electron chi connectivity index (χ3n) is 6.85. The highest BCUT2D eigenvalue weighted by Crippen LogP contribution is 2.34. The molecule has 1 heterocycles. The van der Waals surface area contributed by atoms with Gasteiger partial charge >= 0.3 is 6.18 Å². The van der Waals surface area contributed by atoms with E-state index < -0.39 is 11.7 Å². The van der Waals surface area contributed by atoms with Crippen LogP contribution in [0.1, 0.15) is 63.6 Å². The van der Waals surface area contributed by atoms with Crippen molar-refractivity contribution in [3.05, 3.63) is 88.9 Å². The van der Waals surface area contributed by atoms with Crippen LogP contribution in [0, 0.1) is 12.8 Å². The number of hydrogen-bond acceptors (Lipinski definition) is 5. The fourth-order valence-corrected chi connectivity index (χ4v) is 4.54. The summed E-state index contributed by atoms with van der Waals surface area (Å²) >= 11 is 5.35. The summed E-state index contributed by atoms with van der Waals surface area (Å²) in [4.78, 5) is 4.68. The molecule has 40 heavy (non-hydrogen) atoms. The largest absolute Gasteiger partial charge is 0.507 e. The molecule has 1 atom stereocenters. The number of halogens is 3. The summed E-state index contributed by atoms with van der Waals surface area (Å²) in [6.07, 6.45) is -1.88. The first-order valence-corrected chi connectivity index (χ1v) is 13.5. The van der Waals surface area contributed by atoms with Crippen LogP contribution in [0.15, 0.2) is 77.2 Å². The number of aliphatic imine (C=N–C) groups is 1. The highest BCUT2D eigenvalue weighted by Gasteiger charge is 2.32. The first kappa shape index (κ1) is 30.7. The second-order valence-electron chi connectivity index (χ2n) is 9.85. The molecule has 6 nitrogen and oxygen atoms in total. The number of thiocarbonyl (C=S) groups is 1. The number of nitrogens with zero attached hydrogens (tertiary/aromatic N) is 2. The van der Waals surface area contributed by atoms with Crippen molar-refractivity contribution in [1.29, 1.82) is 0 Å². The van der Waals surface area contributed by atoms with Crippen LogP contribution in [0.25, 0.3) is 0 Å². The molecule has 0 amide bonds. The van der Waals surface area contributed by atoms with Crippen LogP contribution in [0.3, 0.4) is 0 Å². The Hall–Kier alpha value is -3.79. The fourth-order valence-electron chi connectivity index (χ4n) is 4.31. The van der Waals surface area contributed by atoms with Crippen molar-refractivity contribution in [2.24, 2.45) is 10.9 Å². The van der Waals surface area contributed by atoms with E-state index in [0.29, 0.717) is 28.7 Å². The minimum atomic E-state index is -4.47. The second-order valence-corrected chi connectivity index (χ2v) is 10.3. The van der Waals surface area contributed by atoms with Crippen molar-refractivity contribution in [3.8, 4) is 5.75 Å². The van der Waals surface area contributed by atoms with E-state index in [-0.39, 0.29) is 22.1 Å². The Morgan fingerprint density at radius 1 is 1.15 bits per heavy atom. The molecule has 0 aliphatic carbocycles. The molecule has 1 aliphatic rings. The smallest absolute Gasteiger partial charge is 0.416 e. The van der Waals surface area contributed by atoms with Crippen LogP contribution >= 0.6 is 12.2 Å². The van der Waals surface area contributed by atoms with Gasteiger partial charge in [0.2, 0.25) is 0 Å². The lowest BCUT2D eigenvalue weighted by molar-refractivity contribution is -0.138. The molecule has 0 bridgehead atoms. The summed E-state index contributed by atoms with van der Waals surface area (Å²) in [5.41, 5.74) is 7.13. The fraction of sp³-hybridized carbons (Fsp3) is 0.333. The summed E-state index contributed by atoms with van der Waals surface area (Å²) in [5, 5.41) is 18.5. The number of allylic oxidation sites excluding steroid dienone is 2. The van der Waals surface area contributed by atoms with Gasteiger partial charge in [-0.15, -0.1) is 0 Å². The zero-order chi connectivity index (χ0) is 29.8. The average molecular weight is 572 g/mol. The predicted octanol–water partition coefficient (Wildman–Crippen LogP) is 8.24. The van der Waals surface area contributed by atoms with Gasteiger partial charge in [0.1, 0.15) is 5.75 Å². The van der Waals surface area contributed by atoms with Gasteiger partial charge in [-0.05, 0) is 86.3 Å². The lowest BCUT2D eigenvalue weighted by Gasteiger charge is -2.36. The number of rotatable bonds is 8. The lowest BCUT2D eigenvalue weighted by Crippen LogP contribution is -2.45. The summed E-state index contributed by atoms with van der Waals surface area (Å²) in [7, 11) is 0. The van der Waals surface area contributed by atoms with Crippen molar-refractivity contribution in [1.82, 2.24) is 10.4 Å². The van der Waals surface area contributed by atoms with Crippen LogP contribution in [-0.4, -0.2) is 21.1 Å². The Labute approximate surface area is 239 Å². The molecule has 0 fully saturated rings. The molecule has 1 unspecified atom stereocenters. The normalized spacial score (nSPS) is 15.7. The Morgan fingerprint density at radius 2 is 1.77 bits per heavy atom. The molecular weight excluding hydrogens is 535 g/mol. The quantitative estimate of drug-likeness (QED) is 0.189. The van der Waals surface area contributed by atoms with E-state index in [9.17, 15) is 18.3 Å². The summed E-state index contributed by atoms with van der Waals surface area (Å²) < 4.78 is 39.9. The van der Waals surface area contributed by atoms with Gasteiger partial charge in [-0.2, -0.15) is 13.2 Å². The monoisotopic (exact) mass is 571 g/mol. The number of hydrogen-bond donors (Lipinski definition) is 4. The van der Waals surface area contributed by atoms with E-state index in [1.54, 1.807) is 12.1 Å². The highest BCUT2D eigenvalue weighted by atomic mass is 32.1. The molecule has 3 rings (SSSR count). The standard InChI is InChI=1S/C30H36F3N5OS/c1-8-10-19(5)38-27(20(6)17(3)9-2)21(7)34-28(37-38)24-15-22(13-14-26(24)39)35-29(40)36-23-12-11-18(4)25(16-23)30(31,32)33/h11-17,39H,5,7-10H2,1-4,6H3,(H,34,37)(H2,35,36,40)/b27-20-. The molecule has 2 aromatic carbocycles. The number of hydrazine groups is 1. The first-order chi connectivity index (χ1) is 18.8. The molecule has 214 valence electrons. The van der Waals surface area contributed by atoms with Gasteiger partial charge < -0.3 is 15.7 Å². The maximum absolute atomic E-state index is 13.3. The maximum atomic E-state index is 13.3. The third kappa shape index (κ3) is 7.04. The minimum Gasteiger partial charge on any atom is -0.507 e. The number of alkyl halides is 3. The molecule has 0 saturated heterocycles. The van der Waals surface area contributed by atoms with Crippen LogP contribution < -0.4 is 16.1 Å². The minimum absolute atomic E-state index is 0.0241. The molecule has 0 saturated carbocycles. The van der Waals surface area contributed by atoms with Gasteiger partial charge in [0.05, 0.1) is 22.5 Å². The maximum Gasteiger partial charge on any atom is 0.416 e. The van der Waals surface area contributed by atoms with Crippen molar-refractivity contribution in [2.45, 2.75) is 60.1 Å². The van der Waals surface area contributed by atoms with E-state index in [1.807, 2.05) is 5.01 Å². The number of aryl methyl sites for hydroxylation is 1. The van der Waals surface area contributed by atoms with Crippen LogP contribution in [0.5, 0.6) is 5.75 Å². The molecular formula is C30H36F3N5OS. The number of benzene rings is 2. The Bertz CT molecular complexity index is 1380. The van der Waals surface area contributed by atoms with Crippen molar-refractivity contribution in [3.63, 3.8) is 0 Å². The molecule has 4 N–H and O–H groups in total. The molecule has 0 spiro atoms. The molecule has 0 aromatic heterocycles. The zero-order valence-corrected chi connectivity index (χ0v) is 24.3. The SMILES string of the molecule is C=C1N=C(c2cc(NC(=S)Nc3ccc(C)c(C(F)(F)F)c3)ccc2O)NN(C(=C)CCC)/C1=C(/C)C(C)CC. The number of phenols is 1. The van der Waals surface area contributed by atoms with Gasteiger partial charge in [-0.25, -0.2) is 4.99 Å². The van der Waals surface area contributed by atoms with E-state index in [0.717, 1.165) is 42.3 Å². The van der Waals surface area contributed by atoms with Gasteiger partial charge in [0.25, 0.3) is 0 Å². The van der Waals surface area contributed by atoms with Gasteiger partial charge in [0, 0.05) is 17.1 Å². The van der Waals surface area contributed by atoms with Gasteiger partial charge in [-0.3, -0.25) is 10.4 Å². The highest BCUT2D eigenvalue weighted by molar-refractivity contribution is 7.80. The second kappa shape index (κ2) is 12.6. The molecule has 10 heteroatoms. The van der Waals surface area contributed by atoms with Crippen LogP contribution in [0.2, 0.25) is 0 Å². The van der Waals surface area contributed by atoms with Crippen LogP contribution in [-0.2, 0) is 6.18 Å². The summed E-state index contributed by atoms with van der Waals surface area (Å²) in [6, 6.07) is 8.67. The number of anilines is 2. The molecule has 1 aliphatic heterocycles. The third-order valence-corrected chi connectivity index (χ3v) is 7.06. The Morgan fingerprint density at radius 3 is 2.38 bits per heavy atom. The van der Waals surface area contributed by atoms with Crippen LogP contribution in [0.4, 0.5) is 24.5 Å². The van der Waals surface area contributed by atoms with Crippen molar-refractivity contribution >= 4 is 34.5 Å². The summed E-state index contributed by atoms with van der Waals surface area (Å²) in [5.74, 6) is 0.651. The zero-order valence-electron chi connectivity index (χ0n) is 23.5. The van der Waals surface area contributed by atoms with Gasteiger partial charge in [0.15, 0.2) is 10.9 Å². The number of nitrogens with one attached hydrogen (secondary N) is 3. The van der Waals surface area contributed by atoms with E-state index in [2.05, 4.69) is 61.9 Å². The van der Waals surface area contributed by atoms with Gasteiger partial charge in [-0.1, -0.05) is 46.4 Å². The number of phenolic OH excluding ortho intramolecular Hbond substituents is 1. The predicted molar refractivity (Wildman–Crippen MR) is 161 cm³/mol. The summed E-state index contributed by atoms with van der Waals surface area (Å²) in [6.45, 7) is 18.3. The van der Waals surface area contributed by atoms with E-state index in [1.165, 1.54) is 25.1 Å². The number of aromatic hydroxyl groups is 1. The molecule has 2 aromatic rings. The molecule has 0 radical (unpaired) electrons. The topological polar surface area (TPSA) is 71.9 Å². The Kier molecular flexibility index (Phi) is 9.68. The average Bonchev–Trinajstić information content (AvgIpc) is 2.89. The lowest BCUT2D eigenvalue weighted by atomic mass is 9.96. The Balaban J connectivity index is 1.90. The number of amidine groups is 1. The van der Waals surface area contributed by atoms with Crippen molar-refractivity contribution in [2.75, 3.05) is 10.6 Å².